The molecule has 1 aliphatic carbocycles. The zero-order chi connectivity index (χ0) is 20.5. The predicted octanol–water partition coefficient (Wildman–Crippen LogP) is 1.58. The van der Waals surface area contributed by atoms with Crippen molar-refractivity contribution in [3.8, 4) is 0 Å². The molecular weight excluding hydrogens is 374 g/mol. The van der Waals surface area contributed by atoms with Gasteiger partial charge in [0, 0.05) is 37.7 Å². The third-order valence-corrected chi connectivity index (χ3v) is 5.96. The summed E-state index contributed by atoms with van der Waals surface area (Å²) >= 11 is 0. The van der Waals surface area contributed by atoms with Crippen LogP contribution in [-0.4, -0.2) is 57.1 Å². The maximum Gasteiger partial charge on any atom is 0.346 e. The third kappa shape index (κ3) is 4.01. The molecule has 0 N–H and O–H groups in total. The number of methoxy groups -OCH3 is 1. The number of carbonyl (C=O) groups excluding carboxylic acids is 1. The average Bonchev–Trinajstić information content (AvgIpc) is 3.44. The van der Waals surface area contributed by atoms with Crippen molar-refractivity contribution in [3.05, 3.63) is 33.3 Å². The summed E-state index contributed by atoms with van der Waals surface area (Å²) in [6.07, 6.45) is 4.17. The Labute approximate surface area is 169 Å². The smallest absolute Gasteiger partial charge is 0.346 e. The number of amides is 1. The van der Waals surface area contributed by atoms with Gasteiger partial charge in [0.25, 0.3) is 0 Å². The van der Waals surface area contributed by atoms with Crippen LogP contribution >= 0.6 is 0 Å². The molecule has 0 aromatic carbocycles. The van der Waals surface area contributed by atoms with Gasteiger partial charge >= 0.3 is 5.69 Å². The summed E-state index contributed by atoms with van der Waals surface area (Å²) in [5.74, 6) is 1.67. The molecule has 4 rings (SSSR count). The van der Waals surface area contributed by atoms with Crippen molar-refractivity contribution in [3.63, 3.8) is 0 Å². The highest BCUT2D eigenvalue weighted by Gasteiger charge is 2.35. The first-order valence-corrected chi connectivity index (χ1v) is 10.4. The normalized spacial score (nSPS) is 19.7. The second-order valence-corrected chi connectivity index (χ2v) is 8.12. The summed E-state index contributed by atoms with van der Waals surface area (Å²) in [6.45, 7) is 5.92. The number of hydrogen-bond donors (Lipinski definition) is 0. The Hall–Kier alpha value is -2.42. The molecule has 158 valence electrons. The number of aryl methyl sites for hydroxylation is 2. The van der Waals surface area contributed by atoms with Gasteiger partial charge < -0.3 is 14.2 Å². The summed E-state index contributed by atoms with van der Waals surface area (Å²) in [7, 11) is 1.62. The number of carbonyl (C=O) groups is 1. The molecule has 1 saturated carbocycles. The minimum Gasteiger partial charge on any atom is -0.383 e. The van der Waals surface area contributed by atoms with E-state index in [1.165, 1.54) is 4.68 Å². The zero-order valence-electron chi connectivity index (χ0n) is 17.4. The minimum absolute atomic E-state index is 0.0567. The van der Waals surface area contributed by atoms with Crippen molar-refractivity contribution in [1.82, 2.24) is 24.4 Å². The van der Waals surface area contributed by atoms with Gasteiger partial charge in [0.1, 0.15) is 11.6 Å². The molecule has 29 heavy (non-hydrogen) atoms. The van der Waals surface area contributed by atoms with E-state index in [2.05, 4.69) is 10.3 Å². The van der Waals surface area contributed by atoms with Crippen LogP contribution in [-0.2, 0) is 22.5 Å². The standard InChI is InChI=1S/C20H29N5O4/c1-13-17(14(2)29-22-13)11-18(26)23-8-4-5-15(12-23)19-21-24(9-10-28-3)20(27)25(19)16-6-7-16/h15-16H,4-12H2,1-3H3. The Morgan fingerprint density at radius 2 is 2.07 bits per heavy atom. The van der Waals surface area contributed by atoms with Crippen LogP contribution in [0.1, 0.15) is 60.5 Å². The first kappa shape index (κ1) is 19.9. The molecule has 9 nitrogen and oxygen atoms in total. The van der Waals surface area contributed by atoms with Gasteiger partial charge in [-0.05, 0) is 39.5 Å². The van der Waals surface area contributed by atoms with Crippen LogP contribution < -0.4 is 5.69 Å². The largest absolute Gasteiger partial charge is 0.383 e. The van der Waals surface area contributed by atoms with Gasteiger partial charge in [-0.15, -0.1) is 0 Å². The zero-order valence-corrected chi connectivity index (χ0v) is 17.4. The SMILES string of the molecule is COCCn1nc(C2CCCN(C(=O)Cc3c(C)noc3C)C2)n(C2CC2)c1=O. The lowest BCUT2D eigenvalue weighted by atomic mass is 9.96. The average molecular weight is 403 g/mol. The fourth-order valence-corrected chi connectivity index (χ4v) is 4.15. The number of ether oxygens (including phenoxy) is 1. The highest BCUT2D eigenvalue weighted by Crippen LogP contribution is 2.37. The van der Waals surface area contributed by atoms with Gasteiger partial charge in [0.2, 0.25) is 5.91 Å². The lowest BCUT2D eigenvalue weighted by molar-refractivity contribution is -0.131. The molecule has 1 saturated heterocycles. The number of rotatable bonds is 7. The molecule has 0 radical (unpaired) electrons. The first-order chi connectivity index (χ1) is 14.0. The van der Waals surface area contributed by atoms with Crippen LogP contribution in [0.15, 0.2) is 9.32 Å². The predicted molar refractivity (Wildman–Crippen MR) is 105 cm³/mol. The van der Waals surface area contributed by atoms with Gasteiger partial charge in [0.15, 0.2) is 0 Å². The van der Waals surface area contributed by atoms with Gasteiger partial charge in [-0.25, -0.2) is 9.48 Å². The van der Waals surface area contributed by atoms with E-state index in [4.69, 9.17) is 9.26 Å². The fraction of sp³-hybridized carbons (Fsp3) is 0.700. The topological polar surface area (TPSA) is 95.4 Å². The summed E-state index contributed by atoms with van der Waals surface area (Å²) < 4.78 is 13.7. The lowest BCUT2D eigenvalue weighted by Gasteiger charge is -2.32. The quantitative estimate of drug-likeness (QED) is 0.697. The monoisotopic (exact) mass is 403 g/mol. The van der Waals surface area contributed by atoms with E-state index in [1.54, 1.807) is 7.11 Å². The Kier molecular flexibility index (Phi) is 5.58. The van der Waals surface area contributed by atoms with Gasteiger partial charge in [0.05, 0.1) is 25.3 Å². The minimum atomic E-state index is -0.0567. The number of likely N-dealkylation sites (tertiary alicyclic amines) is 1. The van der Waals surface area contributed by atoms with Crippen molar-refractivity contribution < 1.29 is 14.1 Å². The number of nitrogens with zero attached hydrogens (tertiary/aromatic N) is 5. The van der Waals surface area contributed by atoms with Crippen molar-refractivity contribution in [2.24, 2.45) is 0 Å². The van der Waals surface area contributed by atoms with Gasteiger partial charge in [-0.1, -0.05) is 5.16 Å². The van der Waals surface area contributed by atoms with E-state index < -0.39 is 0 Å². The molecule has 0 spiro atoms. The summed E-state index contributed by atoms with van der Waals surface area (Å²) in [5, 5.41) is 8.60. The molecule has 3 heterocycles. The molecule has 2 aromatic heterocycles. The molecule has 9 heteroatoms. The van der Waals surface area contributed by atoms with E-state index >= 15 is 0 Å². The van der Waals surface area contributed by atoms with Crippen LogP contribution in [0.3, 0.4) is 0 Å². The molecule has 2 fully saturated rings. The number of aromatic nitrogens is 4. The van der Waals surface area contributed by atoms with Crippen molar-refractivity contribution in [2.45, 2.75) is 64.5 Å². The highest BCUT2D eigenvalue weighted by atomic mass is 16.5. The van der Waals surface area contributed by atoms with Crippen molar-refractivity contribution >= 4 is 5.91 Å². The van der Waals surface area contributed by atoms with E-state index in [0.29, 0.717) is 31.9 Å². The van der Waals surface area contributed by atoms with E-state index in [0.717, 1.165) is 49.3 Å². The van der Waals surface area contributed by atoms with Crippen LogP contribution in [0.25, 0.3) is 0 Å². The van der Waals surface area contributed by atoms with Crippen LogP contribution in [0.2, 0.25) is 0 Å². The molecule has 1 unspecified atom stereocenters. The third-order valence-electron chi connectivity index (χ3n) is 5.96. The van der Waals surface area contributed by atoms with E-state index in [-0.39, 0.29) is 23.6 Å². The molecular formula is C20H29N5O4. The lowest BCUT2D eigenvalue weighted by Crippen LogP contribution is -2.41. The summed E-state index contributed by atoms with van der Waals surface area (Å²) in [5.41, 5.74) is 1.58. The molecule has 1 aliphatic heterocycles. The Balaban J connectivity index is 1.52. The fourth-order valence-electron chi connectivity index (χ4n) is 4.15. The Bertz CT molecular complexity index is 920. The van der Waals surface area contributed by atoms with Gasteiger partial charge in [-0.3, -0.25) is 9.36 Å². The summed E-state index contributed by atoms with van der Waals surface area (Å²) in [6, 6.07) is 0.252. The number of piperidine rings is 1. The molecule has 1 atom stereocenters. The van der Waals surface area contributed by atoms with Crippen LogP contribution in [0, 0.1) is 13.8 Å². The van der Waals surface area contributed by atoms with Gasteiger partial charge in [-0.2, -0.15) is 5.10 Å². The van der Waals surface area contributed by atoms with E-state index in [1.807, 2.05) is 23.3 Å². The molecule has 2 aliphatic rings. The van der Waals surface area contributed by atoms with E-state index in [9.17, 15) is 9.59 Å². The maximum absolute atomic E-state index is 12.9. The van der Waals surface area contributed by atoms with Crippen LogP contribution in [0.5, 0.6) is 0 Å². The highest BCUT2D eigenvalue weighted by molar-refractivity contribution is 5.79. The second-order valence-electron chi connectivity index (χ2n) is 8.12. The Morgan fingerprint density at radius 1 is 1.28 bits per heavy atom. The van der Waals surface area contributed by atoms with Crippen LogP contribution in [0.4, 0.5) is 0 Å². The second kappa shape index (κ2) is 8.14. The Morgan fingerprint density at radius 3 is 2.72 bits per heavy atom. The molecule has 1 amide bonds. The first-order valence-electron chi connectivity index (χ1n) is 10.4. The van der Waals surface area contributed by atoms with Crippen molar-refractivity contribution in [2.75, 3.05) is 26.8 Å². The maximum atomic E-state index is 12.9. The van der Waals surface area contributed by atoms with Crippen molar-refractivity contribution in [1.29, 1.82) is 0 Å². The number of hydrogen-bond acceptors (Lipinski definition) is 6. The molecule has 2 aromatic rings. The summed E-state index contributed by atoms with van der Waals surface area (Å²) in [4.78, 5) is 27.7. The molecule has 0 bridgehead atoms.